The second-order valence-electron chi connectivity index (χ2n) is 9.49. The predicted molar refractivity (Wildman–Crippen MR) is 142 cm³/mol. The topological polar surface area (TPSA) is 122 Å². The molecule has 5 rings (SSSR count). The number of aromatic nitrogens is 3. The lowest BCUT2D eigenvalue weighted by molar-refractivity contribution is -0.128. The number of rotatable bonds is 8. The molecule has 1 aliphatic carbocycles. The number of hydrogen-bond donors (Lipinski definition) is 2. The van der Waals surface area contributed by atoms with Gasteiger partial charge in [-0.15, -0.1) is 5.10 Å². The molecule has 10 nitrogen and oxygen atoms in total. The molecule has 3 amide bonds. The lowest BCUT2D eigenvalue weighted by Gasteiger charge is -2.32. The normalized spacial score (nSPS) is 14.7. The number of nitrogens with one attached hydrogen (secondary N) is 2. The minimum Gasteiger partial charge on any atom is -0.467 e. The highest BCUT2D eigenvalue weighted by molar-refractivity contribution is 6.01. The van der Waals surface area contributed by atoms with Gasteiger partial charge in [0.05, 0.1) is 11.8 Å². The average Bonchev–Trinajstić information content (AvgIpc) is 3.59. The van der Waals surface area contributed by atoms with Crippen molar-refractivity contribution in [3.05, 3.63) is 72.7 Å². The molecule has 10 heteroatoms. The van der Waals surface area contributed by atoms with Crippen LogP contribution in [-0.2, 0) is 20.9 Å². The van der Waals surface area contributed by atoms with Gasteiger partial charge in [-0.1, -0.05) is 36.6 Å². The SMILES string of the molecule is CC(=O)Nc1ccc(N(C(=O)Cn2nnc3ccccc32)C(C(=O)NC2CCCCC2)c2ccco2)cc1. The van der Waals surface area contributed by atoms with Gasteiger partial charge in [0.25, 0.3) is 5.91 Å². The molecule has 38 heavy (non-hydrogen) atoms. The maximum atomic E-state index is 14.0. The minimum absolute atomic E-state index is 0.0482. The molecule has 2 heterocycles. The highest BCUT2D eigenvalue weighted by Crippen LogP contribution is 2.31. The van der Waals surface area contributed by atoms with Crippen LogP contribution in [0.1, 0.15) is 50.8 Å². The molecule has 2 N–H and O–H groups in total. The maximum absolute atomic E-state index is 14.0. The summed E-state index contributed by atoms with van der Waals surface area (Å²) in [5.74, 6) is -0.534. The van der Waals surface area contributed by atoms with E-state index in [0.29, 0.717) is 28.2 Å². The zero-order chi connectivity index (χ0) is 26.5. The number of carbonyl (C=O) groups is 3. The molecular formula is C28H30N6O4. The van der Waals surface area contributed by atoms with Crippen molar-refractivity contribution in [1.82, 2.24) is 20.3 Å². The van der Waals surface area contributed by atoms with Crippen LogP contribution in [0, 0.1) is 0 Å². The van der Waals surface area contributed by atoms with Crippen molar-refractivity contribution in [1.29, 1.82) is 0 Å². The Labute approximate surface area is 220 Å². The predicted octanol–water partition coefficient (Wildman–Crippen LogP) is 4.21. The number of hydrogen-bond acceptors (Lipinski definition) is 6. The van der Waals surface area contributed by atoms with Gasteiger partial charge in [0.1, 0.15) is 17.8 Å². The Hall–Kier alpha value is -4.47. The Morgan fingerprint density at radius 2 is 1.79 bits per heavy atom. The zero-order valence-electron chi connectivity index (χ0n) is 21.2. The summed E-state index contributed by atoms with van der Waals surface area (Å²) in [6, 6.07) is 16.6. The highest BCUT2D eigenvalue weighted by Gasteiger charge is 2.36. The number of nitrogens with zero attached hydrogens (tertiary/aromatic N) is 4. The molecule has 1 saturated carbocycles. The third-order valence-corrected chi connectivity index (χ3v) is 6.71. The van der Waals surface area contributed by atoms with Crippen LogP contribution in [-0.4, -0.2) is 38.8 Å². The van der Waals surface area contributed by atoms with Crippen molar-refractivity contribution in [3.8, 4) is 0 Å². The number of benzene rings is 2. The Morgan fingerprint density at radius 3 is 2.50 bits per heavy atom. The molecule has 1 aliphatic rings. The van der Waals surface area contributed by atoms with Gasteiger partial charge in [-0.25, -0.2) is 4.68 Å². The van der Waals surface area contributed by atoms with Gasteiger partial charge in [0, 0.05) is 24.3 Å². The van der Waals surface area contributed by atoms with Crippen LogP contribution < -0.4 is 15.5 Å². The quantitative estimate of drug-likeness (QED) is 0.363. The molecule has 0 saturated heterocycles. The molecule has 4 aromatic rings. The van der Waals surface area contributed by atoms with E-state index < -0.39 is 6.04 Å². The van der Waals surface area contributed by atoms with Crippen molar-refractivity contribution < 1.29 is 18.8 Å². The Morgan fingerprint density at radius 1 is 1.03 bits per heavy atom. The van der Waals surface area contributed by atoms with Crippen LogP contribution in [0.5, 0.6) is 0 Å². The second-order valence-corrected chi connectivity index (χ2v) is 9.49. The molecule has 196 valence electrons. The number of fused-ring (bicyclic) bond motifs is 1. The van der Waals surface area contributed by atoms with Crippen molar-refractivity contribution >= 4 is 40.1 Å². The lowest BCUT2D eigenvalue weighted by atomic mass is 9.95. The van der Waals surface area contributed by atoms with Crippen LogP contribution in [0.15, 0.2) is 71.3 Å². The van der Waals surface area contributed by atoms with Crippen molar-refractivity contribution in [3.63, 3.8) is 0 Å². The summed E-state index contributed by atoms with van der Waals surface area (Å²) < 4.78 is 7.22. The third-order valence-electron chi connectivity index (χ3n) is 6.71. The van der Waals surface area contributed by atoms with Crippen molar-refractivity contribution in [2.24, 2.45) is 0 Å². The van der Waals surface area contributed by atoms with Crippen LogP contribution in [0.2, 0.25) is 0 Å². The fraction of sp³-hybridized carbons (Fsp3) is 0.321. The summed E-state index contributed by atoms with van der Waals surface area (Å²) in [6.07, 6.45) is 6.57. The van der Waals surface area contributed by atoms with Gasteiger partial charge >= 0.3 is 0 Å². The number of furan rings is 1. The molecule has 0 aliphatic heterocycles. The molecule has 0 bridgehead atoms. The number of carbonyl (C=O) groups excluding carboxylic acids is 3. The lowest BCUT2D eigenvalue weighted by Crippen LogP contribution is -2.48. The van der Waals surface area contributed by atoms with Crippen LogP contribution >= 0.6 is 0 Å². The Kier molecular flexibility index (Phi) is 7.48. The van der Waals surface area contributed by atoms with E-state index in [4.69, 9.17) is 4.42 Å². The molecule has 1 atom stereocenters. The maximum Gasteiger partial charge on any atom is 0.251 e. The second kappa shape index (κ2) is 11.3. The van der Waals surface area contributed by atoms with Crippen molar-refractivity contribution in [2.75, 3.05) is 10.2 Å². The molecule has 0 radical (unpaired) electrons. The first kappa shape index (κ1) is 25.2. The van der Waals surface area contributed by atoms with E-state index in [0.717, 1.165) is 32.1 Å². The number of anilines is 2. The summed E-state index contributed by atoms with van der Waals surface area (Å²) in [5, 5.41) is 14.2. The molecule has 1 fully saturated rings. The molecule has 1 unspecified atom stereocenters. The summed E-state index contributed by atoms with van der Waals surface area (Å²) in [5.41, 5.74) is 2.44. The smallest absolute Gasteiger partial charge is 0.251 e. The molecule has 2 aromatic carbocycles. The van der Waals surface area contributed by atoms with Crippen LogP contribution in [0.4, 0.5) is 11.4 Å². The monoisotopic (exact) mass is 514 g/mol. The zero-order valence-corrected chi connectivity index (χ0v) is 21.2. The van der Waals surface area contributed by atoms with E-state index in [1.165, 1.54) is 22.8 Å². The van der Waals surface area contributed by atoms with Gasteiger partial charge in [-0.3, -0.25) is 19.3 Å². The average molecular weight is 515 g/mol. The summed E-state index contributed by atoms with van der Waals surface area (Å²) >= 11 is 0. The highest BCUT2D eigenvalue weighted by atomic mass is 16.3. The Balaban J connectivity index is 1.52. The van der Waals surface area contributed by atoms with E-state index in [1.807, 2.05) is 24.3 Å². The van der Waals surface area contributed by atoms with E-state index >= 15 is 0 Å². The first-order valence-electron chi connectivity index (χ1n) is 12.8. The van der Waals surface area contributed by atoms with Gasteiger partial charge in [-0.2, -0.15) is 0 Å². The fourth-order valence-electron chi connectivity index (χ4n) is 4.93. The van der Waals surface area contributed by atoms with Crippen LogP contribution in [0.25, 0.3) is 11.0 Å². The summed E-state index contributed by atoms with van der Waals surface area (Å²) in [6.45, 7) is 1.29. The van der Waals surface area contributed by atoms with Gasteiger partial charge in [0.15, 0.2) is 6.04 Å². The molecule has 2 aromatic heterocycles. The number of amides is 3. The standard InChI is InChI=1S/C28H30N6O4/c1-19(35)29-21-13-15-22(16-14-21)34(26(36)18-33-24-11-6-5-10-23(24)31-32-33)27(25-12-7-17-38-25)28(37)30-20-8-3-2-4-9-20/h5-7,10-17,20,27H,2-4,8-9,18H2,1H3,(H,29,35)(H,30,37). The number of para-hydroxylation sites is 1. The van der Waals surface area contributed by atoms with Crippen molar-refractivity contribution in [2.45, 2.75) is 57.7 Å². The Bertz CT molecular complexity index is 1410. The largest absolute Gasteiger partial charge is 0.467 e. The van der Waals surface area contributed by atoms with E-state index in [-0.39, 0.29) is 30.3 Å². The molecular weight excluding hydrogens is 484 g/mol. The summed E-state index contributed by atoms with van der Waals surface area (Å²) in [7, 11) is 0. The first-order valence-corrected chi connectivity index (χ1v) is 12.8. The van der Waals surface area contributed by atoms with Gasteiger partial charge in [0.2, 0.25) is 11.8 Å². The van der Waals surface area contributed by atoms with E-state index in [1.54, 1.807) is 36.4 Å². The van der Waals surface area contributed by atoms with E-state index in [9.17, 15) is 14.4 Å². The van der Waals surface area contributed by atoms with Gasteiger partial charge < -0.3 is 15.1 Å². The summed E-state index contributed by atoms with van der Waals surface area (Å²) in [4.78, 5) is 40.7. The first-order chi connectivity index (χ1) is 18.5. The van der Waals surface area contributed by atoms with Crippen LogP contribution in [0.3, 0.4) is 0 Å². The molecule has 0 spiro atoms. The van der Waals surface area contributed by atoms with E-state index in [2.05, 4.69) is 20.9 Å². The van der Waals surface area contributed by atoms with Gasteiger partial charge in [-0.05, 0) is 61.4 Å². The fourth-order valence-corrected chi connectivity index (χ4v) is 4.93. The third kappa shape index (κ3) is 5.59. The minimum atomic E-state index is -1.04.